The van der Waals surface area contributed by atoms with Gasteiger partial charge in [0.2, 0.25) is 0 Å². The number of fused-ring (bicyclic) bond motifs is 4. The van der Waals surface area contributed by atoms with Crippen molar-refractivity contribution in [2.75, 3.05) is 0 Å². The summed E-state index contributed by atoms with van der Waals surface area (Å²) in [6.45, 7) is 1.94. The van der Waals surface area contributed by atoms with E-state index in [9.17, 15) is 9.59 Å². The normalized spacial score (nSPS) is 11.5. The van der Waals surface area contributed by atoms with Gasteiger partial charge >= 0.3 is 0 Å². The van der Waals surface area contributed by atoms with E-state index < -0.39 is 0 Å². The molecule has 3 aromatic carbocycles. The van der Waals surface area contributed by atoms with Crippen molar-refractivity contribution in [1.29, 1.82) is 0 Å². The molecule has 0 N–H and O–H groups in total. The van der Waals surface area contributed by atoms with Crippen LogP contribution in [-0.2, 0) is 24.7 Å². The van der Waals surface area contributed by atoms with Crippen LogP contribution in [0.1, 0.15) is 16.8 Å². The number of aromatic nitrogens is 2. The van der Waals surface area contributed by atoms with Gasteiger partial charge < -0.3 is 4.42 Å². The Balaban J connectivity index is 1.47. The molecule has 0 unspecified atom stereocenters. The SMILES string of the molecule is Cc1ccc2c(CC(=O)Cc3ccc4oc5ccccc5c4c3)nn(C)c(=O)c2c1. The molecule has 148 valence electrons. The van der Waals surface area contributed by atoms with E-state index in [1.54, 1.807) is 7.05 Å². The Kier molecular flexibility index (Phi) is 4.24. The van der Waals surface area contributed by atoms with Crippen molar-refractivity contribution in [3.05, 3.63) is 87.8 Å². The fraction of sp³-hybridized carbons (Fsp3) is 0.160. The summed E-state index contributed by atoms with van der Waals surface area (Å²) in [6, 6.07) is 19.4. The highest BCUT2D eigenvalue weighted by atomic mass is 16.3. The molecule has 0 saturated carbocycles. The smallest absolute Gasteiger partial charge is 0.274 e. The van der Waals surface area contributed by atoms with Crippen molar-refractivity contribution < 1.29 is 9.21 Å². The summed E-state index contributed by atoms with van der Waals surface area (Å²) in [5.74, 6) is 0.0511. The number of para-hydroxylation sites is 1. The van der Waals surface area contributed by atoms with E-state index in [-0.39, 0.29) is 17.8 Å². The molecule has 0 bridgehead atoms. The summed E-state index contributed by atoms with van der Waals surface area (Å²) in [7, 11) is 1.62. The minimum atomic E-state index is -0.151. The topological polar surface area (TPSA) is 65.1 Å². The van der Waals surface area contributed by atoms with E-state index in [2.05, 4.69) is 5.10 Å². The quantitative estimate of drug-likeness (QED) is 0.449. The summed E-state index contributed by atoms with van der Waals surface area (Å²) in [6.07, 6.45) is 0.477. The molecule has 0 radical (unpaired) electrons. The lowest BCUT2D eigenvalue weighted by molar-refractivity contribution is -0.117. The maximum Gasteiger partial charge on any atom is 0.274 e. The van der Waals surface area contributed by atoms with E-state index in [0.29, 0.717) is 17.5 Å². The third kappa shape index (κ3) is 3.08. The van der Waals surface area contributed by atoms with Gasteiger partial charge in [-0.3, -0.25) is 9.59 Å². The second-order valence-corrected chi connectivity index (χ2v) is 7.75. The number of Topliss-reactive ketones (excluding diaryl/α,β-unsaturated/α-hetero) is 1. The number of hydrogen-bond donors (Lipinski definition) is 0. The summed E-state index contributed by atoms with van der Waals surface area (Å²) < 4.78 is 7.18. The summed E-state index contributed by atoms with van der Waals surface area (Å²) >= 11 is 0. The molecular weight excluding hydrogens is 376 g/mol. The Morgan fingerprint density at radius 3 is 2.57 bits per heavy atom. The number of hydrogen-bond acceptors (Lipinski definition) is 4. The molecule has 5 nitrogen and oxygen atoms in total. The van der Waals surface area contributed by atoms with E-state index in [4.69, 9.17) is 4.42 Å². The minimum Gasteiger partial charge on any atom is -0.456 e. The molecular formula is C25H20N2O3. The number of furan rings is 1. The van der Waals surface area contributed by atoms with Gasteiger partial charge in [-0.2, -0.15) is 5.10 Å². The lowest BCUT2D eigenvalue weighted by Gasteiger charge is -2.08. The molecule has 5 heteroatoms. The largest absolute Gasteiger partial charge is 0.456 e. The highest BCUT2D eigenvalue weighted by Gasteiger charge is 2.14. The zero-order chi connectivity index (χ0) is 20.8. The number of carbonyl (C=O) groups is 1. The number of rotatable bonds is 4. The van der Waals surface area contributed by atoms with Crippen molar-refractivity contribution in [3.63, 3.8) is 0 Å². The van der Waals surface area contributed by atoms with Crippen LogP contribution < -0.4 is 5.56 Å². The molecule has 0 aliphatic heterocycles. The number of benzene rings is 3. The van der Waals surface area contributed by atoms with Gasteiger partial charge in [0.05, 0.1) is 17.5 Å². The highest BCUT2D eigenvalue weighted by Crippen LogP contribution is 2.29. The van der Waals surface area contributed by atoms with Crippen LogP contribution in [0.3, 0.4) is 0 Å². The van der Waals surface area contributed by atoms with Crippen LogP contribution in [-0.4, -0.2) is 15.6 Å². The zero-order valence-electron chi connectivity index (χ0n) is 16.8. The molecule has 30 heavy (non-hydrogen) atoms. The molecule has 2 heterocycles. The molecule has 0 amide bonds. The van der Waals surface area contributed by atoms with Gasteiger partial charge in [0.25, 0.3) is 5.56 Å². The molecule has 0 saturated heterocycles. The average Bonchev–Trinajstić information content (AvgIpc) is 3.10. The zero-order valence-corrected chi connectivity index (χ0v) is 16.8. The molecule has 0 aliphatic carbocycles. The molecule has 0 aliphatic rings. The maximum absolute atomic E-state index is 12.9. The van der Waals surface area contributed by atoms with Crippen molar-refractivity contribution in [2.24, 2.45) is 7.05 Å². The Morgan fingerprint density at radius 1 is 0.900 bits per heavy atom. The predicted octanol–water partition coefficient (Wildman–Crippen LogP) is 4.50. The number of nitrogens with zero attached hydrogens (tertiary/aromatic N) is 2. The fourth-order valence-electron chi connectivity index (χ4n) is 4.03. The number of carbonyl (C=O) groups excluding carboxylic acids is 1. The standard InChI is InChI=1S/C25H20N2O3/c1-15-7-9-18-21(11-15)25(29)27(2)26-22(18)14-17(28)12-16-8-10-24-20(13-16)19-5-3-4-6-23(19)30-24/h3-11,13H,12,14H2,1-2H3. The Bertz CT molecular complexity index is 1510. The van der Waals surface area contributed by atoms with Gasteiger partial charge in [-0.15, -0.1) is 0 Å². The van der Waals surface area contributed by atoms with Gasteiger partial charge in [0, 0.05) is 29.6 Å². The van der Waals surface area contributed by atoms with Crippen molar-refractivity contribution in [2.45, 2.75) is 19.8 Å². The Labute approximate surface area is 172 Å². The van der Waals surface area contributed by atoms with Gasteiger partial charge in [0.15, 0.2) is 0 Å². The average molecular weight is 396 g/mol. The lowest BCUT2D eigenvalue weighted by atomic mass is 10.0. The van der Waals surface area contributed by atoms with Crippen LogP contribution in [0.5, 0.6) is 0 Å². The molecule has 0 atom stereocenters. The minimum absolute atomic E-state index is 0.0511. The van der Waals surface area contributed by atoms with Crippen LogP contribution in [0.2, 0.25) is 0 Å². The van der Waals surface area contributed by atoms with E-state index in [1.165, 1.54) is 4.68 Å². The van der Waals surface area contributed by atoms with Gasteiger partial charge in [-0.1, -0.05) is 42.0 Å². The first-order valence-electron chi connectivity index (χ1n) is 9.88. The first-order valence-corrected chi connectivity index (χ1v) is 9.88. The highest BCUT2D eigenvalue weighted by molar-refractivity contribution is 6.05. The number of aryl methyl sites for hydroxylation is 2. The molecule has 5 aromatic rings. The molecule has 5 rings (SSSR count). The third-order valence-electron chi connectivity index (χ3n) is 5.49. The second-order valence-electron chi connectivity index (χ2n) is 7.75. The molecule has 0 spiro atoms. The summed E-state index contributed by atoms with van der Waals surface area (Å²) in [5.41, 5.74) is 4.07. The molecule has 0 fully saturated rings. The molecule has 2 aromatic heterocycles. The van der Waals surface area contributed by atoms with Crippen LogP contribution in [0.25, 0.3) is 32.7 Å². The third-order valence-corrected chi connectivity index (χ3v) is 5.49. The summed E-state index contributed by atoms with van der Waals surface area (Å²) in [4.78, 5) is 25.3. The number of ketones is 1. The second kappa shape index (κ2) is 6.95. The van der Waals surface area contributed by atoms with Crippen LogP contribution in [0, 0.1) is 6.92 Å². The Morgan fingerprint density at radius 2 is 1.70 bits per heavy atom. The van der Waals surface area contributed by atoms with E-state index >= 15 is 0 Å². The first kappa shape index (κ1) is 18.3. The predicted molar refractivity (Wildman–Crippen MR) is 118 cm³/mol. The van der Waals surface area contributed by atoms with Crippen LogP contribution in [0.15, 0.2) is 69.9 Å². The van der Waals surface area contributed by atoms with E-state index in [1.807, 2.05) is 67.6 Å². The van der Waals surface area contributed by atoms with Crippen LogP contribution in [0.4, 0.5) is 0 Å². The fourth-order valence-corrected chi connectivity index (χ4v) is 4.03. The Hall–Kier alpha value is -3.73. The van der Waals surface area contributed by atoms with Crippen molar-refractivity contribution >= 4 is 38.5 Å². The van der Waals surface area contributed by atoms with Gasteiger partial charge in [0.1, 0.15) is 16.9 Å². The maximum atomic E-state index is 12.9. The lowest BCUT2D eigenvalue weighted by Crippen LogP contribution is -2.23. The van der Waals surface area contributed by atoms with Gasteiger partial charge in [-0.25, -0.2) is 4.68 Å². The monoisotopic (exact) mass is 396 g/mol. The van der Waals surface area contributed by atoms with Crippen molar-refractivity contribution in [1.82, 2.24) is 9.78 Å². The van der Waals surface area contributed by atoms with E-state index in [0.717, 1.165) is 38.5 Å². The summed E-state index contributed by atoms with van der Waals surface area (Å²) in [5, 5.41) is 7.76. The van der Waals surface area contributed by atoms with Gasteiger partial charge in [-0.05, 0) is 36.8 Å². The van der Waals surface area contributed by atoms with Crippen LogP contribution >= 0.6 is 0 Å². The first-order chi connectivity index (χ1) is 14.5. The van der Waals surface area contributed by atoms with Crippen molar-refractivity contribution in [3.8, 4) is 0 Å².